The SMILES string of the molecule is CCCCCc1ccc(-c2cc3ccc(SCC(C)(COC(=O)C(C)(CC(C)(C)C)C(C)(C)C)C(F)(F)F)cc3oc2=O)c(OC(F)(F)F)c1. The fourth-order valence-corrected chi connectivity index (χ4v) is 6.73. The number of hydrogen-bond donors (Lipinski definition) is 0. The van der Waals surface area contributed by atoms with Gasteiger partial charge in [-0.3, -0.25) is 4.79 Å². The lowest BCUT2D eigenvalue weighted by molar-refractivity contribution is -0.274. The van der Waals surface area contributed by atoms with E-state index in [0.717, 1.165) is 37.9 Å². The Morgan fingerprint density at radius 2 is 1.50 bits per heavy atom. The van der Waals surface area contributed by atoms with Crippen molar-refractivity contribution in [2.75, 3.05) is 12.4 Å². The third-order valence-electron chi connectivity index (χ3n) is 9.09. The van der Waals surface area contributed by atoms with Gasteiger partial charge in [0, 0.05) is 21.6 Å². The summed E-state index contributed by atoms with van der Waals surface area (Å²) in [5.74, 6) is -1.73. The van der Waals surface area contributed by atoms with Crippen LogP contribution in [0.15, 0.2) is 56.6 Å². The highest BCUT2D eigenvalue weighted by molar-refractivity contribution is 7.99. The van der Waals surface area contributed by atoms with Crippen molar-refractivity contribution in [2.45, 2.75) is 112 Å². The Bertz CT molecular complexity index is 1700. The van der Waals surface area contributed by atoms with Crippen LogP contribution in [0.2, 0.25) is 0 Å². The van der Waals surface area contributed by atoms with Crippen molar-refractivity contribution in [3.63, 3.8) is 0 Å². The number of fused-ring (bicyclic) bond motifs is 1. The molecule has 3 rings (SSSR count). The van der Waals surface area contributed by atoms with Gasteiger partial charge in [0.1, 0.15) is 23.4 Å². The number of unbranched alkanes of at least 4 members (excludes halogenated alkanes) is 2. The quantitative estimate of drug-likeness (QED) is 0.0573. The zero-order chi connectivity index (χ0) is 37.9. The smallest absolute Gasteiger partial charge is 0.464 e. The van der Waals surface area contributed by atoms with Gasteiger partial charge in [-0.1, -0.05) is 79.5 Å². The molecule has 278 valence electrons. The van der Waals surface area contributed by atoms with E-state index in [0.29, 0.717) is 28.7 Å². The van der Waals surface area contributed by atoms with Gasteiger partial charge in [-0.15, -0.1) is 24.9 Å². The molecule has 2 unspecified atom stereocenters. The van der Waals surface area contributed by atoms with E-state index in [4.69, 9.17) is 9.15 Å². The molecule has 0 aliphatic rings. The molecule has 50 heavy (non-hydrogen) atoms. The van der Waals surface area contributed by atoms with E-state index in [1.54, 1.807) is 13.0 Å². The van der Waals surface area contributed by atoms with E-state index in [1.807, 2.05) is 48.5 Å². The Balaban J connectivity index is 1.88. The molecule has 0 bridgehead atoms. The summed E-state index contributed by atoms with van der Waals surface area (Å²) in [6.07, 6.45) is -6.15. The van der Waals surface area contributed by atoms with Crippen molar-refractivity contribution in [1.82, 2.24) is 0 Å². The number of hydrogen-bond acceptors (Lipinski definition) is 6. The van der Waals surface area contributed by atoms with Gasteiger partial charge in [0.15, 0.2) is 0 Å². The second kappa shape index (κ2) is 15.2. The molecule has 1 heterocycles. The van der Waals surface area contributed by atoms with Gasteiger partial charge < -0.3 is 13.9 Å². The van der Waals surface area contributed by atoms with Crippen molar-refractivity contribution < 1.29 is 45.0 Å². The molecular weight excluding hydrogens is 682 g/mol. The van der Waals surface area contributed by atoms with Gasteiger partial charge >= 0.3 is 24.1 Å². The molecule has 0 saturated carbocycles. The molecular formula is C38H48F6O5S. The summed E-state index contributed by atoms with van der Waals surface area (Å²) in [6.45, 7) is 15.3. The fourth-order valence-electron chi connectivity index (χ4n) is 5.64. The van der Waals surface area contributed by atoms with Crippen molar-refractivity contribution >= 4 is 28.7 Å². The highest BCUT2D eigenvalue weighted by Gasteiger charge is 2.54. The van der Waals surface area contributed by atoms with Gasteiger partial charge in [-0.2, -0.15) is 13.2 Å². The summed E-state index contributed by atoms with van der Waals surface area (Å²) in [6, 6.07) is 10.1. The van der Waals surface area contributed by atoms with Crippen molar-refractivity contribution in [2.24, 2.45) is 21.7 Å². The van der Waals surface area contributed by atoms with Crippen LogP contribution in [0.3, 0.4) is 0 Å². The van der Waals surface area contributed by atoms with E-state index in [-0.39, 0.29) is 22.1 Å². The summed E-state index contributed by atoms with van der Waals surface area (Å²) in [7, 11) is 0. The first-order valence-corrected chi connectivity index (χ1v) is 17.6. The van der Waals surface area contributed by atoms with Crippen molar-refractivity contribution in [1.29, 1.82) is 0 Å². The summed E-state index contributed by atoms with van der Waals surface area (Å²) < 4.78 is 98.6. The lowest BCUT2D eigenvalue weighted by Crippen LogP contribution is -2.47. The molecule has 5 nitrogen and oxygen atoms in total. The highest BCUT2D eigenvalue weighted by atomic mass is 32.2. The lowest BCUT2D eigenvalue weighted by atomic mass is 9.61. The molecule has 3 aromatic rings. The summed E-state index contributed by atoms with van der Waals surface area (Å²) >= 11 is 0.850. The molecule has 12 heteroatoms. The maximum atomic E-state index is 14.5. The minimum Gasteiger partial charge on any atom is -0.464 e. The zero-order valence-electron chi connectivity index (χ0n) is 30.2. The third kappa shape index (κ3) is 10.4. The van der Waals surface area contributed by atoms with Crippen LogP contribution < -0.4 is 10.4 Å². The van der Waals surface area contributed by atoms with E-state index >= 15 is 0 Å². The third-order valence-corrected chi connectivity index (χ3v) is 10.5. The minimum absolute atomic E-state index is 0.0430. The average molecular weight is 731 g/mol. The number of alkyl halides is 6. The van der Waals surface area contributed by atoms with Crippen LogP contribution in [0, 0.1) is 21.7 Å². The topological polar surface area (TPSA) is 65.7 Å². The van der Waals surface area contributed by atoms with E-state index in [2.05, 4.69) is 4.74 Å². The predicted octanol–water partition coefficient (Wildman–Crippen LogP) is 11.8. The number of aryl methyl sites for hydroxylation is 1. The maximum absolute atomic E-state index is 14.5. The summed E-state index contributed by atoms with van der Waals surface area (Å²) in [5, 5.41) is 0.349. The number of ether oxygens (including phenoxy) is 2. The monoisotopic (exact) mass is 730 g/mol. The number of benzene rings is 2. The molecule has 0 aliphatic carbocycles. The average Bonchev–Trinajstić information content (AvgIpc) is 2.96. The van der Waals surface area contributed by atoms with Crippen LogP contribution in [0.4, 0.5) is 26.3 Å². The summed E-state index contributed by atoms with van der Waals surface area (Å²) in [5.41, 5.74) is -4.85. The first-order chi connectivity index (χ1) is 22.8. The van der Waals surface area contributed by atoms with Crippen LogP contribution in [0.1, 0.15) is 93.6 Å². The van der Waals surface area contributed by atoms with Gasteiger partial charge in [-0.25, -0.2) is 4.79 Å². The molecule has 0 N–H and O–H groups in total. The Morgan fingerprint density at radius 3 is 2.06 bits per heavy atom. The van der Waals surface area contributed by atoms with Crippen molar-refractivity contribution in [3.8, 4) is 16.9 Å². The first-order valence-electron chi connectivity index (χ1n) is 16.6. The Kier molecular flexibility index (Phi) is 12.6. The molecule has 0 spiro atoms. The van der Waals surface area contributed by atoms with Gasteiger partial charge in [0.2, 0.25) is 0 Å². The molecule has 1 aromatic heterocycles. The molecule has 2 atom stereocenters. The number of carbonyl (C=O) groups is 1. The second-order valence-electron chi connectivity index (χ2n) is 15.7. The van der Waals surface area contributed by atoms with Crippen molar-refractivity contribution in [3.05, 3.63) is 58.4 Å². The highest BCUT2D eigenvalue weighted by Crippen LogP contribution is 2.49. The maximum Gasteiger partial charge on any atom is 0.573 e. The summed E-state index contributed by atoms with van der Waals surface area (Å²) in [4.78, 5) is 26.8. The Hall–Kier alpha value is -3.15. The van der Waals surface area contributed by atoms with Gasteiger partial charge in [0.05, 0.1) is 11.0 Å². The molecule has 0 fully saturated rings. The van der Waals surface area contributed by atoms with Gasteiger partial charge in [-0.05, 0) is 73.8 Å². The fraction of sp³-hybridized carbons (Fsp3) is 0.579. The van der Waals surface area contributed by atoms with Crippen LogP contribution in [0.25, 0.3) is 22.1 Å². The first kappa shape index (κ1) is 41.3. The Morgan fingerprint density at radius 1 is 0.840 bits per heavy atom. The zero-order valence-corrected chi connectivity index (χ0v) is 31.0. The molecule has 0 aliphatic heterocycles. The van der Waals surface area contributed by atoms with Crippen LogP contribution >= 0.6 is 11.8 Å². The molecule has 0 radical (unpaired) electrons. The molecule has 0 amide bonds. The van der Waals surface area contributed by atoms with E-state index in [9.17, 15) is 35.9 Å². The van der Waals surface area contributed by atoms with Crippen LogP contribution in [0.5, 0.6) is 5.75 Å². The van der Waals surface area contributed by atoms with Gasteiger partial charge in [0.25, 0.3) is 0 Å². The Labute approximate surface area is 294 Å². The lowest BCUT2D eigenvalue weighted by Gasteiger charge is -2.44. The number of carbonyl (C=O) groups excluding carboxylic acids is 1. The number of esters is 1. The number of thioether (sulfide) groups is 1. The van der Waals surface area contributed by atoms with Crippen LogP contribution in [-0.2, 0) is 16.0 Å². The van der Waals surface area contributed by atoms with E-state index < -0.39 is 58.5 Å². The minimum atomic E-state index is -5.00. The largest absolute Gasteiger partial charge is 0.573 e. The molecule has 2 aromatic carbocycles. The predicted molar refractivity (Wildman–Crippen MR) is 185 cm³/mol. The number of halogens is 6. The normalized spacial score (nSPS) is 15.4. The molecule has 0 saturated heterocycles. The standard InChI is InChI=1S/C38H48F6O5S/c1-10-11-12-13-24-14-17-27(30(18-24)49-38(42,43)44)28-19-25-15-16-26(20-29(25)48-31(28)45)50-23-35(8,37(39,40)41)22-47-32(46)36(9,34(5,6)7)21-33(2,3)4/h14-20H,10-13,21-23H2,1-9H3. The van der Waals surface area contributed by atoms with E-state index in [1.165, 1.54) is 36.4 Å². The second-order valence-corrected chi connectivity index (χ2v) is 16.8. The number of rotatable bonds is 13. The van der Waals surface area contributed by atoms with Crippen LogP contribution in [-0.4, -0.2) is 30.9 Å².